The van der Waals surface area contributed by atoms with Gasteiger partial charge in [-0.05, 0) is 31.2 Å². The molecule has 0 amide bonds. The van der Waals surface area contributed by atoms with Gasteiger partial charge >= 0.3 is 0 Å². The fourth-order valence-electron chi connectivity index (χ4n) is 1.61. The molecule has 92 valence electrons. The molecule has 0 saturated heterocycles. The molecule has 3 heteroatoms. The summed E-state index contributed by atoms with van der Waals surface area (Å²) >= 11 is 3.35. The van der Waals surface area contributed by atoms with Crippen molar-refractivity contribution in [2.75, 3.05) is 0 Å². The van der Waals surface area contributed by atoms with E-state index in [4.69, 9.17) is 4.74 Å². The molecule has 2 nitrogen and oxygen atoms in total. The fourth-order valence-corrected chi connectivity index (χ4v) is 1.87. The maximum atomic E-state index is 12.1. The average Bonchev–Trinajstić information content (AvgIpc) is 2.41. The van der Waals surface area contributed by atoms with Crippen molar-refractivity contribution in [1.82, 2.24) is 0 Å². The first-order chi connectivity index (χ1) is 8.66. The van der Waals surface area contributed by atoms with Crippen molar-refractivity contribution in [3.8, 4) is 5.75 Å². The van der Waals surface area contributed by atoms with Crippen LogP contribution >= 0.6 is 15.9 Å². The van der Waals surface area contributed by atoms with E-state index in [0.717, 1.165) is 4.47 Å². The van der Waals surface area contributed by atoms with Crippen LogP contribution < -0.4 is 4.74 Å². The van der Waals surface area contributed by atoms with Crippen LogP contribution in [0.25, 0.3) is 0 Å². The third-order valence-electron chi connectivity index (χ3n) is 2.55. The highest BCUT2D eigenvalue weighted by Crippen LogP contribution is 2.18. The molecule has 0 aliphatic heterocycles. The zero-order valence-corrected chi connectivity index (χ0v) is 11.6. The second-order valence-electron chi connectivity index (χ2n) is 3.94. The monoisotopic (exact) mass is 304 g/mol. The van der Waals surface area contributed by atoms with Crippen molar-refractivity contribution in [2.24, 2.45) is 0 Å². The van der Waals surface area contributed by atoms with Gasteiger partial charge in [0.25, 0.3) is 0 Å². The molecule has 0 aromatic heterocycles. The van der Waals surface area contributed by atoms with Gasteiger partial charge in [0.05, 0.1) is 0 Å². The molecule has 0 saturated carbocycles. The molecule has 0 fully saturated rings. The van der Waals surface area contributed by atoms with Crippen LogP contribution in [0.15, 0.2) is 59.1 Å². The van der Waals surface area contributed by atoms with E-state index in [2.05, 4.69) is 15.9 Å². The van der Waals surface area contributed by atoms with Gasteiger partial charge in [0.1, 0.15) is 5.75 Å². The molecule has 1 atom stereocenters. The molecule has 0 aliphatic carbocycles. The number of halogens is 1. The summed E-state index contributed by atoms with van der Waals surface area (Å²) in [7, 11) is 0. The van der Waals surface area contributed by atoms with E-state index >= 15 is 0 Å². The quantitative estimate of drug-likeness (QED) is 0.795. The van der Waals surface area contributed by atoms with Crippen molar-refractivity contribution >= 4 is 21.7 Å². The first-order valence-corrected chi connectivity index (χ1v) is 6.47. The highest BCUT2D eigenvalue weighted by molar-refractivity contribution is 9.10. The zero-order valence-electron chi connectivity index (χ0n) is 9.97. The van der Waals surface area contributed by atoms with Crippen LogP contribution in [0.5, 0.6) is 5.75 Å². The van der Waals surface area contributed by atoms with E-state index in [0.29, 0.717) is 11.3 Å². The molecule has 18 heavy (non-hydrogen) atoms. The van der Waals surface area contributed by atoms with Crippen molar-refractivity contribution < 1.29 is 9.53 Å². The molecule has 0 bridgehead atoms. The molecule has 0 spiro atoms. The smallest absolute Gasteiger partial charge is 0.202 e. The third-order valence-corrected chi connectivity index (χ3v) is 3.08. The lowest BCUT2D eigenvalue weighted by Crippen LogP contribution is -2.23. The Balaban J connectivity index is 2.06. The minimum atomic E-state index is -0.492. The molecule has 2 aromatic carbocycles. The number of hydrogen-bond acceptors (Lipinski definition) is 2. The molecule has 0 aliphatic rings. The lowest BCUT2D eigenvalue weighted by atomic mass is 10.1. The summed E-state index contributed by atoms with van der Waals surface area (Å²) < 4.78 is 6.60. The molecular formula is C15H13BrO2. The first kappa shape index (κ1) is 12.8. The Kier molecular flexibility index (Phi) is 4.15. The summed E-state index contributed by atoms with van der Waals surface area (Å²) in [5.74, 6) is 0.675. The Morgan fingerprint density at radius 1 is 1.06 bits per heavy atom. The predicted octanol–water partition coefficient (Wildman–Crippen LogP) is 4.10. The van der Waals surface area contributed by atoms with Crippen LogP contribution in [0.1, 0.15) is 17.3 Å². The summed E-state index contributed by atoms with van der Waals surface area (Å²) in [6.45, 7) is 1.76. The number of rotatable bonds is 4. The molecule has 0 heterocycles. The summed E-state index contributed by atoms with van der Waals surface area (Å²) in [6, 6.07) is 16.6. The number of ether oxygens (including phenoxy) is 1. The van der Waals surface area contributed by atoms with Crippen LogP contribution in [0.4, 0.5) is 0 Å². The number of carbonyl (C=O) groups excluding carboxylic acids is 1. The zero-order chi connectivity index (χ0) is 13.0. The van der Waals surface area contributed by atoms with E-state index in [1.54, 1.807) is 19.1 Å². The lowest BCUT2D eigenvalue weighted by molar-refractivity contribution is 0.0818. The standard InChI is InChI=1S/C15H13BrO2/c1-11(15(17)12-5-3-2-4-6-12)18-14-9-7-13(16)8-10-14/h2-11H,1H3. The largest absolute Gasteiger partial charge is 0.483 e. The van der Waals surface area contributed by atoms with Crippen LogP contribution in [-0.4, -0.2) is 11.9 Å². The SMILES string of the molecule is CC(Oc1ccc(Br)cc1)C(=O)c1ccccc1. The number of ketones is 1. The summed E-state index contributed by atoms with van der Waals surface area (Å²) in [4.78, 5) is 12.1. The molecular weight excluding hydrogens is 292 g/mol. The molecule has 0 radical (unpaired) electrons. The van der Waals surface area contributed by atoms with Gasteiger partial charge in [-0.2, -0.15) is 0 Å². The van der Waals surface area contributed by atoms with Crippen LogP contribution in [0.3, 0.4) is 0 Å². The lowest BCUT2D eigenvalue weighted by Gasteiger charge is -2.13. The van der Waals surface area contributed by atoms with Crippen LogP contribution in [-0.2, 0) is 0 Å². The van der Waals surface area contributed by atoms with Crippen molar-refractivity contribution in [1.29, 1.82) is 0 Å². The van der Waals surface area contributed by atoms with Gasteiger partial charge in [0.2, 0.25) is 5.78 Å². The van der Waals surface area contributed by atoms with E-state index < -0.39 is 6.10 Å². The number of carbonyl (C=O) groups is 1. The predicted molar refractivity (Wildman–Crippen MR) is 75.0 cm³/mol. The molecule has 1 unspecified atom stereocenters. The van der Waals surface area contributed by atoms with Gasteiger partial charge in [-0.3, -0.25) is 4.79 Å². The average molecular weight is 305 g/mol. The summed E-state index contributed by atoms with van der Waals surface area (Å²) in [6.07, 6.45) is -0.492. The van der Waals surface area contributed by atoms with Gasteiger partial charge < -0.3 is 4.74 Å². The highest BCUT2D eigenvalue weighted by Gasteiger charge is 2.16. The van der Waals surface area contributed by atoms with Gasteiger partial charge in [-0.1, -0.05) is 46.3 Å². The summed E-state index contributed by atoms with van der Waals surface area (Å²) in [5.41, 5.74) is 0.669. The second kappa shape index (κ2) is 5.83. The van der Waals surface area contributed by atoms with Crippen molar-refractivity contribution in [3.05, 3.63) is 64.6 Å². The van der Waals surface area contributed by atoms with Crippen molar-refractivity contribution in [2.45, 2.75) is 13.0 Å². The number of hydrogen-bond donors (Lipinski definition) is 0. The van der Waals surface area contributed by atoms with Gasteiger partial charge in [-0.15, -0.1) is 0 Å². The minimum absolute atomic E-state index is 0.0153. The molecule has 0 N–H and O–H groups in total. The van der Waals surface area contributed by atoms with E-state index in [9.17, 15) is 4.79 Å². The topological polar surface area (TPSA) is 26.3 Å². The Bertz CT molecular complexity index is 520. The van der Waals surface area contributed by atoms with Gasteiger partial charge in [-0.25, -0.2) is 0 Å². The number of benzene rings is 2. The van der Waals surface area contributed by atoms with Crippen LogP contribution in [0, 0.1) is 0 Å². The Morgan fingerprint density at radius 2 is 1.67 bits per heavy atom. The Morgan fingerprint density at radius 3 is 2.28 bits per heavy atom. The highest BCUT2D eigenvalue weighted by atomic mass is 79.9. The van der Waals surface area contributed by atoms with E-state index in [1.165, 1.54) is 0 Å². The van der Waals surface area contributed by atoms with Crippen LogP contribution in [0.2, 0.25) is 0 Å². The minimum Gasteiger partial charge on any atom is -0.483 e. The third kappa shape index (κ3) is 3.20. The maximum Gasteiger partial charge on any atom is 0.202 e. The molecule has 2 aromatic rings. The Hall–Kier alpha value is -1.61. The molecule has 2 rings (SSSR count). The normalized spacial score (nSPS) is 11.9. The second-order valence-corrected chi connectivity index (χ2v) is 4.86. The van der Waals surface area contributed by atoms with Gasteiger partial charge in [0.15, 0.2) is 6.10 Å². The summed E-state index contributed by atoms with van der Waals surface area (Å²) in [5, 5.41) is 0. The maximum absolute atomic E-state index is 12.1. The first-order valence-electron chi connectivity index (χ1n) is 5.68. The van der Waals surface area contributed by atoms with E-state index in [1.807, 2.05) is 42.5 Å². The van der Waals surface area contributed by atoms with Crippen molar-refractivity contribution in [3.63, 3.8) is 0 Å². The van der Waals surface area contributed by atoms with E-state index in [-0.39, 0.29) is 5.78 Å². The fraction of sp³-hybridized carbons (Fsp3) is 0.133. The van der Waals surface area contributed by atoms with Gasteiger partial charge in [0, 0.05) is 10.0 Å². The Labute approximate surface area is 115 Å². The number of Topliss-reactive ketones (excluding diaryl/α,β-unsaturated/α-hetero) is 1.